The van der Waals surface area contributed by atoms with Crippen molar-refractivity contribution in [2.45, 2.75) is 0 Å². The largest absolute Gasteiger partial charge is 0.456 e. The molecule has 0 radical (unpaired) electrons. The summed E-state index contributed by atoms with van der Waals surface area (Å²) >= 11 is 17.6. The molecule has 2 aromatic carbocycles. The van der Waals surface area contributed by atoms with Crippen LogP contribution in [0.5, 0.6) is 11.5 Å². The van der Waals surface area contributed by atoms with Gasteiger partial charge in [-0.25, -0.2) is 0 Å². The first-order valence-corrected chi connectivity index (χ1v) is 6.38. The fourth-order valence-electron chi connectivity index (χ4n) is 1.47. The molecule has 5 nitrogen and oxygen atoms in total. The monoisotopic (exact) mass is 332 g/mol. The quantitative estimate of drug-likeness (QED) is 0.374. The Labute approximate surface area is 129 Å². The van der Waals surface area contributed by atoms with Gasteiger partial charge in [0.1, 0.15) is 17.2 Å². The van der Waals surface area contributed by atoms with Crippen molar-refractivity contribution in [3.8, 4) is 11.5 Å². The predicted octanol–water partition coefficient (Wildman–Crippen LogP) is 4.93. The fraction of sp³-hybridized carbons (Fsp3) is 0. The van der Waals surface area contributed by atoms with Crippen LogP contribution in [0.15, 0.2) is 30.3 Å². The van der Waals surface area contributed by atoms with Gasteiger partial charge in [-0.1, -0.05) is 34.8 Å². The van der Waals surface area contributed by atoms with Crippen molar-refractivity contribution in [3.05, 3.63) is 55.5 Å². The van der Waals surface area contributed by atoms with Gasteiger partial charge < -0.3 is 10.5 Å². The van der Waals surface area contributed by atoms with Crippen molar-refractivity contribution >= 4 is 46.2 Å². The van der Waals surface area contributed by atoms with E-state index in [2.05, 4.69) is 0 Å². The summed E-state index contributed by atoms with van der Waals surface area (Å²) in [6, 6.07) is 6.87. The lowest BCUT2D eigenvalue weighted by atomic mass is 10.2. The first-order valence-electron chi connectivity index (χ1n) is 5.25. The second kappa shape index (κ2) is 5.75. The van der Waals surface area contributed by atoms with Crippen molar-refractivity contribution in [2.75, 3.05) is 5.73 Å². The Hall–Kier alpha value is -1.69. The van der Waals surface area contributed by atoms with E-state index >= 15 is 0 Å². The van der Waals surface area contributed by atoms with E-state index in [1.807, 2.05) is 0 Å². The van der Waals surface area contributed by atoms with Crippen LogP contribution in [-0.2, 0) is 0 Å². The predicted molar refractivity (Wildman–Crippen MR) is 79.1 cm³/mol. The van der Waals surface area contributed by atoms with Crippen LogP contribution in [0.4, 0.5) is 11.4 Å². The number of nitro benzene ring substituents is 1. The molecule has 0 atom stereocenters. The third-order valence-electron chi connectivity index (χ3n) is 2.40. The van der Waals surface area contributed by atoms with Crippen LogP contribution in [0, 0.1) is 10.1 Å². The molecular weight excluding hydrogens is 327 g/mol. The smallest absolute Gasteiger partial charge is 0.292 e. The lowest BCUT2D eigenvalue weighted by Gasteiger charge is -2.09. The Bertz CT molecular complexity index is 692. The van der Waals surface area contributed by atoms with Crippen molar-refractivity contribution in [1.82, 2.24) is 0 Å². The normalized spacial score (nSPS) is 10.3. The number of hydrogen-bond donors (Lipinski definition) is 1. The Morgan fingerprint density at radius 1 is 1.05 bits per heavy atom. The maximum absolute atomic E-state index is 10.7. The van der Waals surface area contributed by atoms with E-state index in [1.54, 1.807) is 0 Å². The van der Waals surface area contributed by atoms with Gasteiger partial charge in [-0.05, 0) is 12.1 Å². The van der Waals surface area contributed by atoms with Gasteiger partial charge in [0.2, 0.25) is 0 Å². The van der Waals surface area contributed by atoms with Gasteiger partial charge in [-0.3, -0.25) is 10.1 Å². The van der Waals surface area contributed by atoms with Gasteiger partial charge in [0.15, 0.2) is 0 Å². The molecule has 0 unspecified atom stereocenters. The van der Waals surface area contributed by atoms with E-state index in [0.29, 0.717) is 10.8 Å². The Balaban J connectivity index is 2.33. The van der Waals surface area contributed by atoms with Crippen LogP contribution < -0.4 is 10.5 Å². The zero-order chi connectivity index (χ0) is 14.9. The molecule has 20 heavy (non-hydrogen) atoms. The number of anilines is 1. The summed E-state index contributed by atoms with van der Waals surface area (Å²) in [6.07, 6.45) is 0. The third kappa shape index (κ3) is 3.07. The molecule has 0 aliphatic carbocycles. The average Bonchev–Trinajstić information content (AvgIpc) is 2.35. The molecule has 2 aromatic rings. The van der Waals surface area contributed by atoms with Gasteiger partial charge in [-0.2, -0.15) is 0 Å². The molecule has 8 heteroatoms. The second-order valence-corrected chi connectivity index (χ2v) is 5.00. The maximum Gasteiger partial charge on any atom is 0.292 e. The molecule has 0 amide bonds. The molecule has 0 aliphatic heterocycles. The highest BCUT2D eigenvalue weighted by molar-refractivity contribution is 6.43. The molecule has 0 saturated carbocycles. The number of halogens is 3. The summed E-state index contributed by atoms with van der Waals surface area (Å²) in [6.45, 7) is 0. The van der Waals surface area contributed by atoms with Crippen LogP contribution in [0.3, 0.4) is 0 Å². The Kier molecular flexibility index (Phi) is 4.23. The first-order chi connectivity index (χ1) is 9.38. The number of rotatable bonds is 3. The summed E-state index contributed by atoms with van der Waals surface area (Å²) in [5, 5.41) is 11.5. The molecule has 2 rings (SSSR count). The Morgan fingerprint density at radius 2 is 1.70 bits per heavy atom. The second-order valence-electron chi connectivity index (χ2n) is 3.78. The summed E-state index contributed by atoms with van der Waals surface area (Å²) in [7, 11) is 0. The maximum atomic E-state index is 10.7. The van der Waals surface area contributed by atoms with Crippen molar-refractivity contribution in [2.24, 2.45) is 0 Å². The van der Waals surface area contributed by atoms with Crippen LogP contribution in [0.1, 0.15) is 0 Å². The number of nitro groups is 1. The van der Waals surface area contributed by atoms with Gasteiger partial charge in [0, 0.05) is 18.2 Å². The summed E-state index contributed by atoms with van der Waals surface area (Å²) < 4.78 is 5.48. The van der Waals surface area contributed by atoms with Gasteiger partial charge in [0.05, 0.1) is 20.0 Å². The summed E-state index contributed by atoms with van der Waals surface area (Å²) in [5.74, 6) is 0.572. The molecule has 0 aromatic heterocycles. The lowest BCUT2D eigenvalue weighted by Crippen LogP contribution is -1.96. The molecule has 104 valence electrons. The summed E-state index contributed by atoms with van der Waals surface area (Å²) in [4.78, 5) is 10.1. The number of nitrogen functional groups attached to an aromatic ring is 1. The van der Waals surface area contributed by atoms with Crippen LogP contribution in [0.25, 0.3) is 0 Å². The van der Waals surface area contributed by atoms with E-state index in [4.69, 9.17) is 45.3 Å². The highest BCUT2D eigenvalue weighted by atomic mass is 35.5. The highest BCUT2D eigenvalue weighted by Gasteiger charge is 2.13. The Morgan fingerprint density at radius 3 is 2.30 bits per heavy atom. The molecule has 0 heterocycles. The van der Waals surface area contributed by atoms with Crippen molar-refractivity contribution in [3.63, 3.8) is 0 Å². The lowest BCUT2D eigenvalue weighted by molar-refractivity contribution is -0.383. The van der Waals surface area contributed by atoms with E-state index in [-0.39, 0.29) is 27.2 Å². The SMILES string of the molecule is Nc1cc(Oc2cc(Cl)c(Cl)cc2Cl)ccc1[N+](=O)[O-]. The molecule has 2 N–H and O–H groups in total. The minimum Gasteiger partial charge on any atom is -0.456 e. The van der Waals surface area contributed by atoms with Crippen LogP contribution in [0.2, 0.25) is 15.1 Å². The third-order valence-corrected chi connectivity index (χ3v) is 3.42. The molecule has 0 aliphatic rings. The van der Waals surface area contributed by atoms with Crippen LogP contribution in [-0.4, -0.2) is 4.92 Å². The molecule has 0 spiro atoms. The van der Waals surface area contributed by atoms with E-state index in [1.165, 1.54) is 30.3 Å². The highest BCUT2D eigenvalue weighted by Crippen LogP contribution is 2.37. The van der Waals surface area contributed by atoms with Crippen molar-refractivity contribution < 1.29 is 9.66 Å². The van der Waals surface area contributed by atoms with Gasteiger partial charge in [-0.15, -0.1) is 0 Å². The number of ether oxygens (including phenoxy) is 1. The van der Waals surface area contributed by atoms with E-state index in [0.717, 1.165) is 0 Å². The summed E-state index contributed by atoms with van der Waals surface area (Å²) in [5.41, 5.74) is 5.36. The molecule has 0 fully saturated rings. The van der Waals surface area contributed by atoms with E-state index < -0.39 is 4.92 Å². The van der Waals surface area contributed by atoms with E-state index in [9.17, 15) is 10.1 Å². The van der Waals surface area contributed by atoms with Crippen LogP contribution >= 0.6 is 34.8 Å². The minimum absolute atomic E-state index is 0.0105. The minimum atomic E-state index is -0.578. The topological polar surface area (TPSA) is 78.4 Å². The van der Waals surface area contributed by atoms with Gasteiger partial charge >= 0.3 is 0 Å². The molecule has 0 saturated heterocycles. The number of hydrogen-bond acceptors (Lipinski definition) is 4. The zero-order valence-electron chi connectivity index (χ0n) is 9.77. The average molecular weight is 334 g/mol. The number of nitrogens with two attached hydrogens (primary N) is 1. The molecular formula is C12H7Cl3N2O3. The van der Waals surface area contributed by atoms with Gasteiger partial charge in [0.25, 0.3) is 5.69 Å². The number of nitrogens with zero attached hydrogens (tertiary/aromatic N) is 1. The standard InChI is InChI=1S/C12H7Cl3N2O3/c13-7-4-9(15)12(5-8(7)14)20-6-1-2-11(17(18)19)10(16)3-6/h1-5H,16H2. The van der Waals surface area contributed by atoms with Crippen molar-refractivity contribution in [1.29, 1.82) is 0 Å². The zero-order valence-corrected chi connectivity index (χ0v) is 12.0. The number of benzene rings is 2. The first kappa shape index (κ1) is 14.7. The molecule has 0 bridgehead atoms. The fourth-order valence-corrected chi connectivity index (χ4v) is 2.05.